The van der Waals surface area contributed by atoms with Crippen molar-refractivity contribution in [3.05, 3.63) is 29.1 Å². The van der Waals surface area contributed by atoms with E-state index in [1.807, 2.05) is 13.0 Å². The largest absolute Gasteiger partial charge is 0.464 e. The number of ether oxygens (including phenoxy) is 1. The van der Waals surface area contributed by atoms with Gasteiger partial charge in [0.05, 0.1) is 7.11 Å². The molecule has 0 radical (unpaired) electrons. The van der Waals surface area contributed by atoms with Gasteiger partial charge in [-0.15, -0.1) is 0 Å². The molecule has 1 aliphatic heterocycles. The molecule has 100 valence electrons. The Morgan fingerprint density at radius 3 is 2.84 bits per heavy atom. The van der Waals surface area contributed by atoms with Crippen LogP contribution in [0.4, 0.5) is 0 Å². The zero-order valence-electron chi connectivity index (χ0n) is 11.3. The Kier molecular flexibility index (Phi) is 4.53. The highest BCUT2D eigenvalue weighted by Gasteiger charge is 2.10. The maximum absolute atomic E-state index is 11.5. The summed E-state index contributed by atoms with van der Waals surface area (Å²) in [4.78, 5) is 15.6. The molecular formula is C15H18N2O2. The minimum atomic E-state index is -0.423. The molecule has 1 aliphatic rings. The second kappa shape index (κ2) is 6.35. The molecule has 4 heteroatoms. The lowest BCUT2D eigenvalue weighted by atomic mass is 9.98. The van der Waals surface area contributed by atoms with Crippen LogP contribution in [0, 0.1) is 24.7 Å². The van der Waals surface area contributed by atoms with Crippen LogP contribution in [0.1, 0.15) is 34.6 Å². The first-order valence-corrected chi connectivity index (χ1v) is 6.48. The van der Waals surface area contributed by atoms with Gasteiger partial charge in [-0.2, -0.15) is 0 Å². The first-order valence-electron chi connectivity index (χ1n) is 6.48. The first kappa shape index (κ1) is 13.6. The number of aryl methyl sites for hydroxylation is 1. The summed E-state index contributed by atoms with van der Waals surface area (Å²) in [5.74, 6) is 6.45. The molecule has 0 atom stereocenters. The third-order valence-electron chi connectivity index (χ3n) is 3.11. The number of methoxy groups -OCH3 is 1. The summed E-state index contributed by atoms with van der Waals surface area (Å²) in [6, 6.07) is 3.58. The predicted octanol–water partition coefficient (Wildman–Crippen LogP) is 1.53. The third kappa shape index (κ3) is 3.80. The monoisotopic (exact) mass is 258 g/mol. The van der Waals surface area contributed by atoms with E-state index in [1.165, 1.54) is 7.11 Å². The maximum Gasteiger partial charge on any atom is 0.356 e. The molecule has 0 aliphatic carbocycles. The first-order chi connectivity index (χ1) is 9.19. The molecule has 0 spiro atoms. The van der Waals surface area contributed by atoms with Gasteiger partial charge in [0, 0.05) is 17.2 Å². The average Bonchev–Trinajstić information content (AvgIpc) is 2.45. The number of rotatable bonds is 1. The molecule has 4 nitrogen and oxygen atoms in total. The summed E-state index contributed by atoms with van der Waals surface area (Å²) >= 11 is 0. The minimum Gasteiger partial charge on any atom is -0.464 e. The van der Waals surface area contributed by atoms with Gasteiger partial charge in [0.2, 0.25) is 0 Å². The lowest BCUT2D eigenvalue weighted by molar-refractivity contribution is 0.0593. The molecule has 2 rings (SSSR count). The van der Waals surface area contributed by atoms with E-state index in [2.05, 4.69) is 26.9 Å². The number of aromatic nitrogens is 1. The number of nitrogens with one attached hydrogen (secondary N) is 1. The Morgan fingerprint density at radius 1 is 1.42 bits per heavy atom. The molecule has 19 heavy (non-hydrogen) atoms. The highest BCUT2D eigenvalue weighted by atomic mass is 16.5. The van der Waals surface area contributed by atoms with Crippen molar-refractivity contribution in [2.24, 2.45) is 5.92 Å². The summed E-state index contributed by atoms with van der Waals surface area (Å²) in [5.41, 5.74) is 1.92. The van der Waals surface area contributed by atoms with Gasteiger partial charge in [0.25, 0.3) is 0 Å². The minimum absolute atomic E-state index is 0.317. The number of carbonyl (C=O) groups excluding carboxylic acids is 1. The van der Waals surface area contributed by atoms with Crippen LogP contribution in [0.2, 0.25) is 0 Å². The molecular weight excluding hydrogens is 240 g/mol. The van der Waals surface area contributed by atoms with Gasteiger partial charge in [-0.25, -0.2) is 9.78 Å². The fraction of sp³-hybridized carbons (Fsp3) is 0.467. The number of carbonyl (C=O) groups is 1. The molecule has 0 saturated carbocycles. The van der Waals surface area contributed by atoms with E-state index in [-0.39, 0.29) is 0 Å². The van der Waals surface area contributed by atoms with E-state index >= 15 is 0 Å². The predicted molar refractivity (Wildman–Crippen MR) is 72.8 cm³/mol. The van der Waals surface area contributed by atoms with Crippen molar-refractivity contribution in [2.45, 2.75) is 19.8 Å². The molecule has 0 amide bonds. The van der Waals surface area contributed by atoms with Crippen molar-refractivity contribution in [2.75, 3.05) is 20.2 Å². The molecule has 2 heterocycles. The van der Waals surface area contributed by atoms with E-state index in [4.69, 9.17) is 0 Å². The standard InChI is InChI=1S/C15H18N2O2/c1-11-9-13(10-14(17-11)15(18)19-2)4-3-12-5-7-16-8-6-12/h9-10,12,16H,5-8H2,1-2H3. The molecule has 0 aromatic carbocycles. The average molecular weight is 258 g/mol. The van der Waals surface area contributed by atoms with Gasteiger partial charge in [0.15, 0.2) is 0 Å². The van der Waals surface area contributed by atoms with Crippen molar-refractivity contribution < 1.29 is 9.53 Å². The van der Waals surface area contributed by atoms with Crippen LogP contribution in [0.25, 0.3) is 0 Å². The Labute approximate surface area is 113 Å². The Balaban J connectivity index is 2.18. The van der Waals surface area contributed by atoms with Crippen LogP contribution in [-0.4, -0.2) is 31.2 Å². The summed E-state index contributed by atoms with van der Waals surface area (Å²) in [5, 5.41) is 3.31. The molecule has 1 N–H and O–H groups in total. The molecule has 1 fully saturated rings. The van der Waals surface area contributed by atoms with E-state index in [9.17, 15) is 4.79 Å². The molecule has 1 saturated heterocycles. The van der Waals surface area contributed by atoms with Gasteiger partial charge in [-0.05, 0) is 45.0 Å². The lowest BCUT2D eigenvalue weighted by Gasteiger charge is -2.17. The van der Waals surface area contributed by atoms with Crippen molar-refractivity contribution >= 4 is 5.97 Å². The number of hydrogen-bond acceptors (Lipinski definition) is 4. The van der Waals surface area contributed by atoms with Gasteiger partial charge in [0.1, 0.15) is 5.69 Å². The molecule has 0 unspecified atom stereocenters. The Morgan fingerprint density at radius 2 is 2.16 bits per heavy atom. The zero-order chi connectivity index (χ0) is 13.7. The van der Waals surface area contributed by atoms with Gasteiger partial charge >= 0.3 is 5.97 Å². The highest BCUT2D eigenvalue weighted by Crippen LogP contribution is 2.11. The van der Waals surface area contributed by atoms with E-state index in [1.54, 1.807) is 6.07 Å². The van der Waals surface area contributed by atoms with Crippen molar-refractivity contribution in [3.8, 4) is 11.8 Å². The SMILES string of the molecule is COC(=O)c1cc(C#CC2CCNCC2)cc(C)n1. The molecule has 1 aromatic rings. The summed E-state index contributed by atoms with van der Waals surface area (Å²) < 4.78 is 4.68. The topological polar surface area (TPSA) is 51.2 Å². The fourth-order valence-corrected chi connectivity index (χ4v) is 2.10. The third-order valence-corrected chi connectivity index (χ3v) is 3.11. The van der Waals surface area contributed by atoms with Gasteiger partial charge < -0.3 is 10.1 Å². The number of piperidine rings is 1. The number of hydrogen-bond donors (Lipinski definition) is 1. The van der Waals surface area contributed by atoms with Crippen LogP contribution in [0.3, 0.4) is 0 Å². The van der Waals surface area contributed by atoms with Crippen LogP contribution < -0.4 is 5.32 Å². The van der Waals surface area contributed by atoms with Crippen LogP contribution >= 0.6 is 0 Å². The van der Waals surface area contributed by atoms with Crippen LogP contribution in [0.15, 0.2) is 12.1 Å². The smallest absolute Gasteiger partial charge is 0.356 e. The normalized spacial score (nSPS) is 15.5. The van der Waals surface area contributed by atoms with Crippen LogP contribution in [-0.2, 0) is 4.74 Å². The Hall–Kier alpha value is -1.86. The lowest BCUT2D eigenvalue weighted by Crippen LogP contribution is -2.26. The zero-order valence-corrected chi connectivity index (χ0v) is 11.3. The number of nitrogens with zero attached hydrogens (tertiary/aromatic N) is 1. The van der Waals surface area contributed by atoms with Crippen molar-refractivity contribution in [3.63, 3.8) is 0 Å². The van der Waals surface area contributed by atoms with Crippen molar-refractivity contribution in [1.82, 2.24) is 10.3 Å². The second-order valence-corrected chi connectivity index (χ2v) is 4.67. The summed E-state index contributed by atoms with van der Waals surface area (Å²) in [6.45, 7) is 3.91. The number of esters is 1. The molecule has 1 aromatic heterocycles. The van der Waals surface area contributed by atoms with Gasteiger partial charge in [-0.3, -0.25) is 0 Å². The number of pyridine rings is 1. The maximum atomic E-state index is 11.5. The van der Waals surface area contributed by atoms with Crippen LogP contribution in [0.5, 0.6) is 0 Å². The second-order valence-electron chi connectivity index (χ2n) is 4.67. The Bertz CT molecular complexity index is 523. The highest BCUT2D eigenvalue weighted by molar-refractivity contribution is 5.87. The molecule has 0 bridgehead atoms. The van der Waals surface area contributed by atoms with E-state index in [0.717, 1.165) is 37.2 Å². The van der Waals surface area contributed by atoms with E-state index < -0.39 is 5.97 Å². The van der Waals surface area contributed by atoms with E-state index in [0.29, 0.717) is 11.6 Å². The van der Waals surface area contributed by atoms with Crippen molar-refractivity contribution in [1.29, 1.82) is 0 Å². The summed E-state index contributed by atoms with van der Waals surface area (Å²) in [7, 11) is 1.35. The quantitative estimate of drug-likeness (QED) is 0.613. The van der Waals surface area contributed by atoms with Gasteiger partial charge in [-0.1, -0.05) is 11.8 Å². The summed E-state index contributed by atoms with van der Waals surface area (Å²) in [6.07, 6.45) is 2.17. The fourth-order valence-electron chi connectivity index (χ4n) is 2.10.